The summed E-state index contributed by atoms with van der Waals surface area (Å²) in [6.45, 7) is 3.02. The van der Waals surface area contributed by atoms with Crippen LogP contribution in [0.3, 0.4) is 0 Å². The first-order valence-corrected chi connectivity index (χ1v) is 5.99. The van der Waals surface area contributed by atoms with Gasteiger partial charge in [0, 0.05) is 12.6 Å². The van der Waals surface area contributed by atoms with Gasteiger partial charge in [0.15, 0.2) is 5.69 Å². The molecule has 0 bridgehead atoms. The Morgan fingerprint density at radius 1 is 1.62 bits per heavy atom. The van der Waals surface area contributed by atoms with E-state index in [1.165, 1.54) is 12.6 Å². The number of nitrogens with one attached hydrogen (secondary N) is 1. The van der Waals surface area contributed by atoms with Crippen LogP contribution in [0.1, 0.15) is 49.5 Å². The van der Waals surface area contributed by atoms with E-state index < -0.39 is 0 Å². The third-order valence-corrected chi connectivity index (χ3v) is 3.14. The number of piperidine rings is 1. The van der Waals surface area contributed by atoms with E-state index in [2.05, 4.69) is 22.3 Å². The number of aromatic nitrogens is 3. The third-order valence-electron chi connectivity index (χ3n) is 3.14. The molecular weight excluding hydrogens is 204 g/mol. The van der Waals surface area contributed by atoms with Crippen LogP contribution < -0.4 is 0 Å². The second-order valence-corrected chi connectivity index (χ2v) is 4.29. The first-order valence-electron chi connectivity index (χ1n) is 5.99. The van der Waals surface area contributed by atoms with Crippen molar-refractivity contribution in [1.29, 1.82) is 0 Å². The molecule has 2 heterocycles. The molecule has 1 N–H and O–H groups in total. The summed E-state index contributed by atoms with van der Waals surface area (Å²) in [5.74, 6) is 0.0203. The lowest BCUT2D eigenvalue weighted by atomic mass is 9.98. The number of aromatic amines is 1. The van der Waals surface area contributed by atoms with Crippen molar-refractivity contribution in [3.63, 3.8) is 0 Å². The maximum absolute atomic E-state index is 12.1. The molecule has 0 saturated carbocycles. The Morgan fingerprint density at radius 3 is 3.19 bits per heavy atom. The maximum atomic E-state index is 12.1. The highest BCUT2D eigenvalue weighted by Crippen LogP contribution is 2.22. The minimum Gasteiger partial charge on any atom is -0.334 e. The number of likely N-dealkylation sites (tertiary alicyclic amines) is 1. The van der Waals surface area contributed by atoms with Gasteiger partial charge in [-0.05, 0) is 25.7 Å². The molecule has 1 atom stereocenters. The fourth-order valence-corrected chi connectivity index (χ4v) is 2.35. The fraction of sp³-hybridized carbons (Fsp3) is 0.727. The Kier molecular flexibility index (Phi) is 3.54. The molecular formula is C11H18N4O. The van der Waals surface area contributed by atoms with Crippen molar-refractivity contribution in [3.8, 4) is 0 Å². The van der Waals surface area contributed by atoms with E-state index in [0.29, 0.717) is 11.7 Å². The molecule has 1 aromatic rings. The van der Waals surface area contributed by atoms with Crippen LogP contribution in [-0.4, -0.2) is 38.8 Å². The van der Waals surface area contributed by atoms with Crippen LogP contribution in [0.15, 0.2) is 6.20 Å². The van der Waals surface area contributed by atoms with Crippen molar-refractivity contribution in [2.75, 3.05) is 6.54 Å². The molecule has 88 valence electrons. The average Bonchev–Trinajstić information content (AvgIpc) is 2.83. The molecule has 1 aliphatic heterocycles. The topological polar surface area (TPSA) is 61.9 Å². The predicted octanol–water partition coefficient (Wildman–Crippen LogP) is 1.60. The van der Waals surface area contributed by atoms with E-state index in [1.54, 1.807) is 0 Å². The molecule has 1 aliphatic rings. The Bertz CT molecular complexity index is 334. The van der Waals surface area contributed by atoms with Crippen molar-refractivity contribution in [2.24, 2.45) is 0 Å². The lowest BCUT2D eigenvalue weighted by molar-refractivity contribution is 0.0594. The molecule has 1 saturated heterocycles. The number of hydrogen-bond donors (Lipinski definition) is 1. The standard InChI is InChI=1S/C11H18N4O/c1-2-5-9-6-3-4-7-15(9)11(16)10-8-12-14-13-10/h8-9H,2-7H2,1H3,(H,12,13,14). The maximum Gasteiger partial charge on any atom is 0.276 e. The average molecular weight is 222 g/mol. The zero-order chi connectivity index (χ0) is 11.4. The van der Waals surface area contributed by atoms with Gasteiger partial charge in [-0.25, -0.2) is 0 Å². The largest absolute Gasteiger partial charge is 0.334 e. The molecule has 5 nitrogen and oxygen atoms in total. The Labute approximate surface area is 95.2 Å². The van der Waals surface area contributed by atoms with Crippen molar-refractivity contribution in [2.45, 2.75) is 45.1 Å². The van der Waals surface area contributed by atoms with Crippen molar-refractivity contribution < 1.29 is 4.79 Å². The van der Waals surface area contributed by atoms with Gasteiger partial charge in [-0.1, -0.05) is 13.3 Å². The summed E-state index contributed by atoms with van der Waals surface area (Å²) in [5, 5.41) is 10.0. The van der Waals surface area contributed by atoms with Crippen LogP contribution in [0.4, 0.5) is 0 Å². The van der Waals surface area contributed by atoms with E-state index in [1.807, 2.05) is 4.90 Å². The van der Waals surface area contributed by atoms with Gasteiger partial charge >= 0.3 is 0 Å². The quantitative estimate of drug-likeness (QED) is 0.845. The van der Waals surface area contributed by atoms with Crippen LogP contribution >= 0.6 is 0 Å². The minimum atomic E-state index is 0.0203. The molecule has 0 radical (unpaired) electrons. The van der Waals surface area contributed by atoms with E-state index in [9.17, 15) is 4.79 Å². The van der Waals surface area contributed by atoms with Crippen molar-refractivity contribution >= 4 is 5.91 Å². The predicted molar refractivity (Wildman–Crippen MR) is 60.0 cm³/mol. The van der Waals surface area contributed by atoms with Gasteiger partial charge in [0.1, 0.15) is 0 Å². The van der Waals surface area contributed by atoms with E-state index in [0.717, 1.165) is 32.2 Å². The van der Waals surface area contributed by atoms with Crippen LogP contribution in [0.25, 0.3) is 0 Å². The van der Waals surface area contributed by atoms with Gasteiger partial charge in [-0.15, -0.1) is 0 Å². The molecule has 1 unspecified atom stereocenters. The second kappa shape index (κ2) is 5.09. The molecule has 2 rings (SSSR count). The van der Waals surface area contributed by atoms with Gasteiger partial charge in [0.25, 0.3) is 5.91 Å². The zero-order valence-electron chi connectivity index (χ0n) is 9.65. The number of carbonyl (C=O) groups is 1. The van der Waals surface area contributed by atoms with Crippen LogP contribution in [0.2, 0.25) is 0 Å². The highest BCUT2D eigenvalue weighted by atomic mass is 16.2. The van der Waals surface area contributed by atoms with Crippen LogP contribution in [0.5, 0.6) is 0 Å². The highest BCUT2D eigenvalue weighted by Gasteiger charge is 2.27. The SMILES string of the molecule is CCCC1CCCCN1C(=O)c1cn[nH]n1. The fourth-order valence-electron chi connectivity index (χ4n) is 2.35. The number of rotatable bonds is 3. The van der Waals surface area contributed by atoms with Gasteiger partial charge in [-0.3, -0.25) is 4.79 Å². The molecule has 5 heteroatoms. The van der Waals surface area contributed by atoms with Crippen LogP contribution in [-0.2, 0) is 0 Å². The smallest absolute Gasteiger partial charge is 0.276 e. The second-order valence-electron chi connectivity index (χ2n) is 4.29. The molecule has 1 amide bonds. The number of nitrogens with zero attached hydrogens (tertiary/aromatic N) is 3. The summed E-state index contributed by atoms with van der Waals surface area (Å²) in [4.78, 5) is 14.1. The minimum absolute atomic E-state index is 0.0203. The summed E-state index contributed by atoms with van der Waals surface area (Å²) in [7, 11) is 0. The number of amides is 1. The molecule has 0 aromatic carbocycles. The Morgan fingerprint density at radius 2 is 2.50 bits per heavy atom. The van der Waals surface area contributed by atoms with Crippen molar-refractivity contribution in [1.82, 2.24) is 20.3 Å². The normalized spacial score (nSPS) is 21.1. The van der Waals surface area contributed by atoms with Gasteiger partial charge in [0.2, 0.25) is 0 Å². The number of H-pyrrole nitrogens is 1. The third kappa shape index (κ3) is 2.23. The number of hydrogen-bond acceptors (Lipinski definition) is 3. The first-order chi connectivity index (χ1) is 7.83. The summed E-state index contributed by atoms with van der Waals surface area (Å²) < 4.78 is 0. The first kappa shape index (κ1) is 11.1. The monoisotopic (exact) mass is 222 g/mol. The Balaban J connectivity index is 2.08. The van der Waals surface area contributed by atoms with E-state index >= 15 is 0 Å². The summed E-state index contributed by atoms with van der Waals surface area (Å²) >= 11 is 0. The van der Waals surface area contributed by atoms with E-state index in [-0.39, 0.29) is 5.91 Å². The van der Waals surface area contributed by atoms with Crippen LogP contribution in [0, 0.1) is 0 Å². The van der Waals surface area contributed by atoms with Crippen molar-refractivity contribution in [3.05, 3.63) is 11.9 Å². The van der Waals surface area contributed by atoms with Gasteiger partial charge in [0.05, 0.1) is 6.20 Å². The lowest BCUT2D eigenvalue weighted by Gasteiger charge is -2.35. The van der Waals surface area contributed by atoms with E-state index in [4.69, 9.17) is 0 Å². The highest BCUT2D eigenvalue weighted by molar-refractivity contribution is 5.92. The molecule has 16 heavy (non-hydrogen) atoms. The van der Waals surface area contributed by atoms with Gasteiger partial charge in [-0.2, -0.15) is 15.4 Å². The molecule has 0 spiro atoms. The lowest BCUT2D eigenvalue weighted by Crippen LogP contribution is -2.43. The molecule has 1 aromatic heterocycles. The number of carbonyl (C=O) groups excluding carboxylic acids is 1. The summed E-state index contributed by atoms with van der Waals surface area (Å²) in [5.41, 5.74) is 0.433. The molecule has 0 aliphatic carbocycles. The summed E-state index contributed by atoms with van der Waals surface area (Å²) in [6.07, 6.45) is 7.16. The summed E-state index contributed by atoms with van der Waals surface area (Å²) in [6, 6.07) is 0.392. The Hall–Kier alpha value is -1.39. The van der Waals surface area contributed by atoms with Gasteiger partial charge < -0.3 is 4.90 Å². The zero-order valence-corrected chi connectivity index (χ0v) is 9.65. The molecule has 1 fully saturated rings.